The maximum atomic E-state index is 12.4. The standard InChI is InChI=1S/C23H18N4O2/c28-21(14-27-13-16-5-1-2-6-18(16)23(27)29)24-17-11-9-15(10-12-17)22-25-19-7-3-4-8-20(19)26-22/h1-12H,13-14H2,(H,24,28)(H,25,26). The fourth-order valence-electron chi connectivity index (χ4n) is 3.62. The van der Waals surface area contributed by atoms with Gasteiger partial charge in [-0.2, -0.15) is 0 Å². The minimum atomic E-state index is -0.220. The summed E-state index contributed by atoms with van der Waals surface area (Å²) in [5.41, 5.74) is 5.15. The molecule has 2 amide bonds. The van der Waals surface area contributed by atoms with Crippen molar-refractivity contribution in [1.29, 1.82) is 0 Å². The van der Waals surface area contributed by atoms with Crippen molar-refractivity contribution in [2.24, 2.45) is 0 Å². The topological polar surface area (TPSA) is 78.1 Å². The van der Waals surface area contributed by atoms with Gasteiger partial charge in [0.05, 0.1) is 11.0 Å². The van der Waals surface area contributed by atoms with Gasteiger partial charge in [0.2, 0.25) is 5.91 Å². The van der Waals surface area contributed by atoms with Crippen LogP contribution >= 0.6 is 0 Å². The van der Waals surface area contributed by atoms with E-state index < -0.39 is 0 Å². The molecule has 6 heteroatoms. The lowest BCUT2D eigenvalue weighted by molar-refractivity contribution is -0.116. The molecule has 29 heavy (non-hydrogen) atoms. The predicted molar refractivity (Wildman–Crippen MR) is 111 cm³/mol. The molecule has 142 valence electrons. The summed E-state index contributed by atoms with van der Waals surface area (Å²) in [7, 11) is 0. The van der Waals surface area contributed by atoms with E-state index >= 15 is 0 Å². The van der Waals surface area contributed by atoms with Crippen LogP contribution in [0.15, 0.2) is 72.8 Å². The molecule has 1 aliphatic rings. The van der Waals surface area contributed by atoms with Crippen molar-refractivity contribution in [2.45, 2.75) is 6.54 Å². The Labute approximate surface area is 167 Å². The fourth-order valence-corrected chi connectivity index (χ4v) is 3.62. The van der Waals surface area contributed by atoms with E-state index in [-0.39, 0.29) is 18.4 Å². The number of rotatable bonds is 4. The van der Waals surface area contributed by atoms with Gasteiger partial charge in [0.25, 0.3) is 5.91 Å². The van der Waals surface area contributed by atoms with Gasteiger partial charge in [0.1, 0.15) is 12.4 Å². The molecule has 0 radical (unpaired) electrons. The number of fused-ring (bicyclic) bond motifs is 2. The number of hydrogen-bond donors (Lipinski definition) is 2. The van der Waals surface area contributed by atoms with Crippen LogP contribution in [0.2, 0.25) is 0 Å². The van der Waals surface area contributed by atoms with E-state index in [9.17, 15) is 9.59 Å². The molecule has 0 saturated carbocycles. The molecular weight excluding hydrogens is 364 g/mol. The van der Waals surface area contributed by atoms with E-state index in [1.807, 2.05) is 66.7 Å². The Balaban J connectivity index is 1.25. The van der Waals surface area contributed by atoms with Crippen LogP contribution in [-0.2, 0) is 11.3 Å². The second-order valence-electron chi connectivity index (χ2n) is 7.05. The number of aromatic amines is 1. The second kappa shape index (κ2) is 6.91. The SMILES string of the molecule is O=C(CN1Cc2ccccc2C1=O)Nc1ccc(-c2nc3ccccc3[nH]2)cc1. The highest BCUT2D eigenvalue weighted by Crippen LogP contribution is 2.23. The van der Waals surface area contributed by atoms with Crippen molar-refractivity contribution >= 4 is 28.5 Å². The van der Waals surface area contributed by atoms with Crippen molar-refractivity contribution in [3.05, 3.63) is 83.9 Å². The van der Waals surface area contributed by atoms with Gasteiger partial charge >= 0.3 is 0 Å². The zero-order valence-corrected chi connectivity index (χ0v) is 15.6. The summed E-state index contributed by atoms with van der Waals surface area (Å²) >= 11 is 0. The molecule has 6 nitrogen and oxygen atoms in total. The molecule has 0 spiro atoms. The monoisotopic (exact) mass is 382 g/mol. The molecule has 2 heterocycles. The molecule has 0 fully saturated rings. The molecule has 0 atom stereocenters. The van der Waals surface area contributed by atoms with E-state index in [0.29, 0.717) is 17.8 Å². The highest BCUT2D eigenvalue weighted by molar-refractivity contribution is 6.02. The lowest BCUT2D eigenvalue weighted by Crippen LogP contribution is -2.33. The normalized spacial score (nSPS) is 13.0. The minimum Gasteiger partial charge on any atom is -0.338 e. The molecule has 0 bridgehead atoms. The van der Waals surface area contributed by atoms with Gasteiger partial charge in [-0.15, -0.1) is 0 Å². The lowest BCUT2D eigenvalue weighted by Gasteiger charge is -2.15. The van der Waals surface area contributed by atoms with Gasteiger partial charge in [0.15, 0.2) is 0 Å². The van der Waals surface area contributed by atoms with Crippen molar-refractivity contribution < 1.29 is 9.59 Å². The summed E-state index contributed by atoms with van der Waals surface area (Å²) in [6.07, 6.45) is 0. The van der Waals surface area contributed by atoms with Crippen molar-refractivity contribution in [3.8, 4) is 11.4 Å². The number of nitrogens with zero attached hydrogens (tertiary/aromatic N) is 2. The Morgan fingerprint density at radius 2 is 1.76 bits per heavy atom. The van der Waals surface area contributed by atoms with Crippen LogP contribution in [0.4, 0.5) is 5.69 Å². The second-order valence-corrected chi connectivity index (χ2v) is 7.05. The summed E-state index contributed by atoms with van der Waals surface area (Å²) in [6, 6.07) is 22.8. The Bertz CT molecular complexity index is 1190. The molecule has 0 saturated heterocycles. The first-order chi connectivity index (χ1) is 14.2. The molecule has 0 aliphatic carbocycles. The Morgan fingerprint density at radius 1 is 1.00 bits per heavy atom. The largest absolute Gasteiger partial charge is 0.338 e. The summed E-state index contributed by atoms with van der Waals surface area (Å²) in [6.45, 7) is 0.492. The third kappa shape index (κ3) is 3.25. The van der Waals surface area contributed by atoms with Crippen LogP contribution in [0.25, 0.3) is 22.4 Å². The van der Waals surface area contributed by atoms with E-state index in [1.54, 1.807) is 11.0 Å². The molecule has 5 rings (SSSR count). The maximum absolute atomic E-state index is 12.4. The van der Waals surface area contributed by atoms with Crippen LogP contribution in [0.1, 0.15) is 15.9 Å². The van der Waals surface area contributed by atoms with Gasteiger partial charge in [-0.3, -0.25) is 9.59 Å². The average Bonchev–Trinajstić information content (AvgIpc) is 3.30. The quantitative estimate of drug-likeness (QED) is 0.563. The first kappa shape index (κ1) is 17.2. The number of para-hydroxylation sites is 2. The van der Waals surface area contributed by atoms with Crippen LogP contribution in [0.5, 0.6) is 0 Å². The van der Waals surface area contributed by atoms with E-state index in [2.05, 4.69) is 15.3 Å². The van der Waals surface area contributed by atoms with Crippen LogP contribution in [0, 0.1) is 0 Å². The number of aromatic nitrogens is 2. The first-order valence-corrected chi connectivity index (χ1v) is 9.39. The molecular formula is C23H18N4O2. The van der Waals surface area contributed by atoms with Gasteiger partial charge in [-0.05, 0) is 48.0 Å². The summed E-state index contributed by atoms with van der Waals surface area (Å²) in [5.74, 6) is 0.461. The van der Waals surface area contributed by atoms with Gasteiger partial charge in [-0.25, -0.2) is 4.98 Å². The Hall–Kier alpha value is -3.93. The number of H-pyrrole nitrogens is 1. The molecule has 0 unspecified atom stereocenters. The lowest BCUT2D eigenvalue weighted by atomic mass is 10.1. The maximum Gasteiger partial charge on any atom is 0.254 e. The fraction of sp³-hybridized carbons (Fsp3) is 0.0870. The summed E-state index contributed by atoms with van der Waals surface area (Å²) < 4.78 is 0. The van der Waals surface area contributed by atoms with Crippen molar-refractivity contribution in [1.82, 2.24) is 14.9 Å². The zero-order chi connectivity index (χ0) is 19.8. The molecule has 4 aromatic rings. The third-order valence-corrected chi connectivity index (χ3v) is 5.06. The number of nitrogens with one attached hydrogen (secondary N) is 2. The van der Waals surface area contributed by atoms with Crippen molar-refractivity contribution in [3.63, 3.8) is 0 Å². The third-order valence-electron chi connectivity index (χ3n) is 5.06. The Morgan fingerprint density at radius 3 is 2.55 bits per heavy atom. The number of carbonyl (C=O) groups is 2. The first-order valence-electron chi connectivity index (χ1n) is 9.39. The van der Waals surface area contributed by atoms with Crippen LogP contribution in [0.3, 0.4) is 0 Å². The molecule has 1 aliphatic heterocycles. The summed E-state index contributed by atoms with van der Waals surface area (Å²) in [5, 5.41) is 2.86. The average molecular weight is 382 g/mol. The number of benzene rings is 3. The van der Waals surface area contributed by atoms with Crippen LogP contribution < -0.4 is 5.32 Å². The molecule has 3 aromatic carbocycles. The number of anilines is 1. The number of imidazole rings is 1. The van der Waals surface area contributed by atoms with E-state index in [4.69, 9.17) is 0 Å². The molecule has 1 aromatic heterocycles. The predicted octanol–water partition coefficient (Wildman–Crippen LogP) is 3.82. The van der Waals surface area contributed by atoms with E-state index in [1.165, 1.54) is 0 Å². The smallest absolute Gasteiger partial charge is 0.254 e. The minimum absolute atomic E-state index is 0.0266. The number of amides is 2. The van der Waals surface area contributed by atoms with Gasteiger partial charge < -0.3 is 15.2 Å². The van der Waals surface area contributed by atoms with Gasteiger partial charge in [-0.1, -0.05) is 30.3 Å². The highest BCUT2D eigenvalue weighted by Gasteiger charge is 2.28. The van der Waals surface area contributed by atoms with Crippen molar-refractivity contribution in [2.75, 3.05) is 11.9 Å². The van der Waals surface area contributed by atoms with E-state index in [0.717, 1.165) is 28.0 Å². The Kier molecular flexibility index (Phi) is 4.09. The van der Waals surface area contributed by atoms with Gasteiger partial charge in [0, 0.05) is 23.4 Å². The molecule has 2 N–H and O–H groups in total. The zero-order valence-electron chi connectivity index (χ0n) is 15.6. The number of hydrogen-bond acceptors (Lipinski definition) is 3. The van der Waals surface area contributed by atoms with Crippen LogP contribution in [-0.4, -0.2) is 33.2 Å². The summed E-state index contributed by atoms with van der Waals surface area (Å²) in [4.78, 5) is 34.2. The number of carbonyl (C=O) groups excluding carboxylic acids is 2. The highest BCUT2D eigenvalue weighted by atomic mass is 16.2.